The molecule has 0 spiro atoms. The Morgan fingerprint density at radius 1 is 1.61 bits per heavy atom. The van der Waals surface area contributed by atoms with Crippen molar-refractivity contribution in [2.24, 2.45) is 0 Å². The first-order valence-corrected chi connectivity index (χ1v) is 7.38. The van der Waals surface area contributed by atoms with Crippen LogP contribution in [0.15, 0.2) is 5.38 Å². The van der Waals surface area contributed by atoms with E-state index in [0.717, 1.165) is 30.0 Å². The number of aliphatic hydroxyl groups is 1. The van der Waals surface area contributed by atoms with Crippen molar-refractivity contribution in [3.63, 3.8) is 0 Å². The molecule has 1 atom stereocenters. The topological polar surface area (TPSA) is 62.2 Å². The number of amides is 1. The number of carbonyl (C=O) groups excluding carboxylic acids is 1. The van der Waals surface area contributed by atoms with Gasteiger partial charge in [0.1, 0.15) is 10.6 Å². The second-order valence-electron chi connectivity index (χ2n) is 5.00. The van der Waals surface area contributed by atoms with Crippen LogP contribution in [0.5, 0.6) is 0 Å². The number of aryl methyl sites for hydroxylation is 1. The van der Waals surface area contributed by atoms with Crippen LogP contribution in [-0.2, 0) is 4.79 Å². The van der Waals surface area contributed by atoms with Crippen LogP contribution in [0.1, 0.15) is 55.8 Å². The summed E-state index contributed by atoms with van der Waals surface area (Å²) in [5.74, 6) is -0.236. The van der Waals surface area contributed by atoms with E-state index < -0.39 is 5.60 Å². The normalized spacial score (nSPS) is 19.7. The molecule has 2 rings (SSSR count). The van der Waals surface area contributed by atoms with Crippen LogP contribution in [0.25, 0.3) is 0 Å². The van der Waals surface area contributed by atoms with Crippen LogP contribution in [0.4, 0.5) is 0 Å². The summed E-state index contributed by atoms with van der Waals surface area (Å²) in [4.78, 5) is 16.5. The molecule has 1 fully saturated rings. The number of hydrogen-bond donors (Lipinski definition) is 2. The Kier molecular flexibility index (Phi) is 4.02. The number of hydrogen-bond acceptors (Lipinski definition) is 4. The Balaban J connectivity index is 2.04. The lowest BCUT2D eigenvalue weighted by Gasteiger charge is -2.24. The third kappa shape index (κ3) is 2.72. The number of thiazole rings is 1. The molecule has 0 bridgehead atoms. The molecule has 100 valence electrons. The van der Waals surface area contributed by atoms with Gasteiger partial charge in [0.15, 0.2) is 0 Å². The number of rotatable bonds is 4. The quantitative estimate of drug-likeness (QED) is 0.881. The highest BCUT2D eigenvalue weighted by Gasteiger charge is 2.39. The minimum absolute atomic E-state index is 0.0826. The second kappa shape index (κ2) is 5.36. The first kappa shape index (κ1) is 13.5. The summed E-state index contributed by atoms with van der Waals surface area (Å²) in [6, 6.07) is -0.0826. The summed E-state index contributed by atoms with van der Waals surface area (Å²) in [6.07, 6.45) is 3.79. The summed E-state index contributed by atoms with van der Waals surface area (Å²) in [5, 5.41) is 16.1. The Bertz CT molecular complexity index is 424. The zero-order valence-corrected chi connectivity index (χ0v) is 11.7. The van der Waals surface area contributed by atoms with Crippen LogP contribution in [-0.4, -0.2) is 21.6 Å². The molecule has 5 heteroatoms. The van der Waals surface area contributed by atoms with Crippen molar-refractivity contribution in [2.75, 3.05) is 0 Å². The summed E-state index contributed by atoms with van der Waals surface area (Å²) in [7, 11) is 0. The fourth-order valence-electron chi connectivity index (χ4n) is 2.35. The molecule has 4 nitrogen and oxygen atoms in total. The Labute approximate surface area is 111 Å². The minimum atomic E-state index is -1.15. The monoisotopic (exact) mass is 268 g/mol. The van der Waals surface area contributed by atoms with E-state index in [4.69, 9.17) is 0 Å². The SMILES string of the molecule is CCC(NC(=O)C1(O)CCCC1)c1nc(C)cs1. The van der Waals surface area contributed by atoms with E-state index in [1.807, 2.05) is 19.2 Å². The van der Waals surface area contributed by atoms with Crippen molar-refractivity contribution in [3.8, 4) is 0 Å². The van der Waals surface area contributed by atoms with Gasteiger partial charge < -0.3 is 10.4 Å². The van der Waals surface area contributed by atoms with Gasteiger partial charge >= 0.3 is 0 Å². The Morgan fingerprint density at radius 2 is 2.28 bits per heavy atom. The maximum Gasteiger partial charge on any atom is 0.252 e. The molecule has 18 heavy (non-hydrogen) atoms. The van der Waals surface area contributed by atoms with Crippen LogP contribution in [0, 0.1) is 6.92 Å². The first-order valence-electron chi connectivity index (χ1n) is 6.50. The van der Waals surface area contributed by atoms with Crippen molar-refractivity contribution in [1.82, 2.24) is 10.3 Å². The lowest BCUT2D eigenvalue weighted by atomic mass is 10.0. The van der Waals surface area contributed by atoms with Gasteiger partial charge in [-0.2, -0.15) is 0 Å². The molecule has 0 saturated heterocycles. The predicted octanol–water partition coefficient (Wildman–Crippen LogP) is 2.32. The maximum atomic E-state index is 12.1. The Hall–Kier alpha value is -0.940. The number of aromatic nitrogens is 1. The molecule has 1 heterocycles. The third-order valence-electron chi connectivity index (χ3n) is 3.50. The molecular weight excluding hydrogens is 248 g/mol. The van der Waals surface area contributed by atoms with Gasteiger partial charge in [-0.1, -0.05) is 6.92 Å². The van der Waals surface area contributed by atoms with Crippen molar-refractivity contribution in [3.05, 3.63) is 16.1 Å². The van der Waals surface area contributed by atoms with Crippen molar-refractivity contribution in [2.45, 2.75) is 57.6 Å². The maximum absolute atomic E-state index is 12.1. The zero-order valence-electron chi connectivity index (χ0n) is 10.9. The van der Waals surface area contributed by atoms with Crippen molar-refractivity contribution >= 4 is 17.2 Å². The lowest BCUT2D eigenvalue weighted by molar-refractivity contribution is -0.140. The first-order chi connectivity index (χ1) is 8.55. The van der Waals surface area contributed by atoms with Crippen molar-refractivity contribution in [1.29, 1.82) is 0 Å². The highest BCUT2D eigenvalue weighted by Crippen LogP contribution is 2.31. The van der Waals surface area contributed by atoms with E-state index >= 15 is 0 Å². The van der Waals surface area contributed by atoms with Gasteiger partial charge in [0.2, 0.25) is 0 Å². The van der Waals surface area contributed by atoms with Crippen LogP contribution in [0.3, 0.4) is 0 Å². The van der Waals surface area contributed by atoms with Gasteiger partial charge in [0.25, 0.3) is 5.91 Å². The minimum Gasteiger partial charge on any atom is -0.380 e. The average Bonchev–Trinajstić information content (AvgIpc) is 2.96. The fourth-order valence-corrected chi connectivity index (χ4v) is 3.28. The van der Waals surface area contributed by atoms with Gasteiger partial charge in [-0.3, -0.25) is 4.79 Å². The molecular formula is C13H20N2O2S. The molecule has 0 aromatic carbocycles. The van der Waals surface area contributed by atoms with Gasteiger partial charge in [-0.25, -0.2) is 4.98 Å². The molecule has 1 aromatic heterocycles. The standard InChI is InChI=1S/C13H20N2O2S/c1-3-10(11-14-9(2)8-18-11)15-12(16)13(17)6-4-5-7-13/h8,10,17H,3-7H2,1-2H3,(H,15,16). The largest absolute Gasteiger partial charge is 0.380 e. The summed E-state index contributed by atoms with van der Waals surface area (Å²) < 4.78 is 0. The van der Waals surface area contributed by atoms with Gasteiger partial charge in [0.05, 0.1) is 6.04 Å². The average molecular weight is 268 g/mol. The highest BCUT2D eigenvalue weighted by molar-refractivity contribution is 7.09. The van der Waals surface area contributed by atoms with Gasteiger partial charge in [-0.15, -0.1) is 11.3 Å². The molecule has 0 aliphatic heterocycles. The van der Waals surface area contributed by atoms with Gasteiger partial charge in [-0.05, 0) is 39.0 Å². The number of nitrogens with one attached hydrogen (secondary N) is 1. The third-order valence-corrected chi connectivity index (χ3v) is 4.58. The summed E-state index contributed by atoms with van der Waals surface area (Å²) in [6.45, 7) is 3.96. The van der Waals surface area contributed by atoms with Crippen LogP contribution >= 0.6 is 11.3 Å². The molecule has 1 amide bonds. The predicted molar refractivity (Wildman–Crippen MR) is 71.4 cm³/mol. The molecule has 1 unspecified atom stereocenters. The summed E-state index contributed by atoms with van der Waals surface area (Å²) in [5.41, 5.74) is -0.179. The molecule has 1 aromatic rings. The van der Waals surface area contributed by atoms with Crippen LogP contribution < -0.4 is 5.32 Å². The van der Waals surface area contributed by atoms with E-state index in [9.17, 15) is 9.90 Å². The smallest absolute Gasteiger partial charge is 0.252 e. The van der Waals surface area contributed by atoms with Gasteiger partial charge in [0, 0.05) is 11.1 Å². The highest BCUT2D eigenvalue weighted by atomic mass is 32.1. The van der Waals surface area contributed by atoms with E-state index in [2.05, 4.69) is 10.3 Å². The van der Waals surface area contributed by atoms with E-state index in [0.29, 0.717) is 12.8 Å². The lowest BCUT2D eigenvalue weighted by Crippen LogP contribution is -2.45. The summed E-state index contributed by atoms with van der Waals surface area (Å²) >= 11 is 1.56. The van der Waals surface area contributed by atoms with Crippen LogP contribution in [0.2, 0.25) is 0 Å². The molecule has 1 aliphatic carbocycles. The Morgan fingerprint density at radius 3 is 2.78 bits per heavy atom. The molecule has 2 N–H and O–H groups in total. The van der Waals surface area contributed by atoms with Crippen molar-refractivity contribution < 1.29 is 9.90 Å². The van der Waals surface area contributed by atoms with E-state index in [-0.39, 0.29) is 11.9 Å². The zero-order chi connectivity index (χ0) is 13.2. The number of nitrogens with zero attached hydrogens (tertiary/aromatic N) is 1. The molecule has 1 saturated carbocycles. The number of carbonyl (C=O) groups is 1. The van der Waals surface area contributed by atoms with E-state index in [1.54, 1.807) is 11.3 Å². The second-order valence-corrected chi connectivity index (χ2v) is 5.89. The molecule has 0 radical (unpaired) electrons. The van der Waals surface area contributed by atoms with E-state index in [1.165, 1.54) is 0 Å². The fraction of sp³-hybridized carbons (Fsp3) is 0.692. The molecule has 1 aliphatic rings.